The number of hydrogen-bond acceptors (Lipinski definition) is 9. The van der Waals surface area contributed by atoms with Crippen LogP contribution in [0.4, 0.5) is 0 Å². The van der Waals surface area contributed by atoms with E-state index in [9.17, 15) is 19.2 Å². The quantitative estimate of drug-likeness (QED) is 0.363. The number of aromatic nitrogens is 1. The van der Waals surface area contributed by atoms with Crippen LogP contribution in [0, 0.1) is 0 Å². The molecule has 0 fully saturated rings. The first kappa shape index (κ1) is 25.8. The number of rotatable bonds is 6. The minimum atomic E-state index is -0.812. The highest BCUT2D eigenvalue weighted by Gasteiger charge is 2.33. The topological polar surface area (TPSA) is 113 Å². The van der Waals surface area contributed by atoms with Gasteiger partial charge in [0.05, 0.1) is 28.5 Å². The summed E-state index contributed by atoms with van der Waals surface area (Å²) >= 11 is 1.16. The average Bonchev–Trinajstić information content (AvgIpc) is 3.14. The van der Waals surface area contributed by atoms with Crippen LogP contribution in [0.3, 0.4) is 0 Å². The summed E-state index contributed by atoms with van der Waals surface area (Å²) in [4.78, 5) is 54.5. The molecule has 0 N–H and O–H groups in total. The molecule has 190 valence electrons. The van der Waals surface area contributed by atoms with Crippen molar-refractivity contribution in [2.45, 2.75) is 33.7 Å². The summed E-state index contributed by atoms with van der Waals surface area (Å²) in [6.07, 6.45) is 1.63. The van der Waals surface area contributed by atoms with Crippen LogP contribution in [0.15, 0.2) is 69.6 Å². The number of carbonyl (C=O) groups excluding carboxylic acids is 3. The third kappa shape index (κ3) is 5.44. The number of ether oxygens (including phenoxy) is 3. The molecule has 0 saturated carbocycles. The minimum absolute atomic E-state index is 0.158. The Hall–Kier alpha value is -4.31. The van der Waals surface area contributed by atoms with E-state index in [1.165, 1.54) is 18.4 Å². The summed E-state index contributed by atoms with van der Waals surface area (Å²) in [5.41, 5.74) is 1.46. The number of fused-ring (bicyclic) bond motifs is 1. The Balaban J connectivity index is 1.91. The monoisotopic (exact) mass is 520 g/mol. The Labute approximate surface area is 215 Å². The van der Waals surface area contributed by atoms with Gasteiger partial charge in [0.25, 0.3) is 5.56 Å². The van der Waals surface area contributed by atoms with Gasteiger partial charge in [-0.05, 0) is 43.7 Å². The highest BCUT2D eigenvalue weighted by atomic mass is 32.1. The van der Waals surface area contributed by atoms with E-state index in [-0.39, 0.29) is 17.7 Å². The Bertz CT molecular complexity index is 1600. The third-order valence-corrected chi connectivity index (χ3v) is 6.42. The molecule has 1 atom stereocenters. The molecule has 9 nitrogen and oxygen atoms in total. The fourth-order valence-corrected chi connectivity index (χ4v) is 5.02. The molecule has 0 aliphatic carbocycles. The Morgan fingerprint density at radius 3 is 2.35 bits per heavy atom. The first-order chi connectivity index (χ1) is 17.7. The lowest BCUT2D eigenvalue weighted by atomic mass is 9.96. The van der Waals surface area contributed by atoms with Crippen LogP contribution in [0.25, 0.3) is 6.08 Å². The number of allylic oxidation sites excluding steroid dienone is 1. The molecule has 3 aromatic rings. The van der Waals surface area contributed by atoms with E-state index in [0.29, 0.717) is 37.7 Å². The lowest BCUT2D eigenvalue weighted by Gasteiger charge is -2.24. The molecule has 0 saturated heterocycles. The van der Waals surface area contributed by atoms with Crippen molar-refractivity contribution in [1.82, 2.24) is 4.57 Å². The van der Waals surface area contributed by atoms with Crippen molar-refractivity contribution in [3.05, 3.63) is 90.6 Å². The van der Waals surface area contributed by atoms with Gasteiger partial charge in [-0.15, -0.1) is 0 Å². The summed E-state index contributed by atoms with van der Waals surface area (Å²) in [5, 5.41) is 0. The van der Waals surface area contributed by atoms with Crippen LogP contribution in [0.2, 0.25) is 0 Å². The van der Waals surface area contributed by atoms with Crippen molar-refractivity contribution in [3.63, 3.8) is 0 Å². The number of carbonyl (C=O) groups is 3. The predicted molar refractivity (Wildman–Crippen MR) is 136 cm³/mol. The van der Waals surface area contributed by atoms with Crippen LogP contribution in [0.1, 0.15) is 44.9 Å². The molecule has 1 aliphatic heterocycles. The molecule has 1 aromatic heterocycles. The number of thiazole rings is 1. The molecule has 0 radical (unpaired) electrons. The number of esters is 3. The van der Waals surface area contributed by atoms with Crippen LogP contribution in [0.5, 0.6) is 11.5 Å². The molecule has 10 heteroatoms. The molecule has 2 heterocycles. The average molecular weight is 521 g/mol. The maximum absolute atomic E-state index is 13.7. The maximum atomic E-state index is 13.7. The molecule has 0 spiro atoms. The van der Waals surface area contributed by atoms with E-state index in [1.54, 1.807) is 68.5 Å². The highest BCUT2D eigenvalue weighted by Crippen LogP contribution is 2.31. The first-order valence-electron chi connectivity index (χ1n) is 11.4. The summed E-state index contributed by atoms with van der Waals surface area (Å²) in [6, 6.07) is 12.6. The van der Waals surface area contributed by atoms with Gasteiger partial charge in [-0.3, -0.25) is 19.0 Å². The number of nitrogens with zero attached hydrogens (tertiary/aromatic N) is 2. The van der Waals surface area contributed by atoms with Crippen molar-refractivity contribution in [3.8, 4) is 11.5 Å². The zero-order chi connectivity index (χ0) is 26.7. The second-order valence-electron chi connectivity index (χ2n) is 8.10. The second kappa shape index (κ2) is 10.8. The Morgan fingerprint density at radius 1 is 1.03 bits per heavy atom. The molecule has 0 bridgehead atoms. The van der Waals surface area contributed by atoms with Gasteiger partial charge in [0.2, 0.25) is 0 Å². The number of benzene rings is 2. The Kier molecular flexibility index (Phi) is 7.49. The van der Waals surface area contributed by atoms with Crippen molar-refractivity contribution >= 4 is 35.3 Å². The zero-order valence-electron chi connectivity index (χ0n) is 20.6. The van der Waals surface area contributed by atoms with Gasteiger partial charge in [0, 0.05) is 19.4 Å². The lowest BCUT2D eigenvalue weighted by Crippen LogP contribution is -2.39. The van der Waals surface area contributed by atoms with Gasteiger partial charge in [0.1, 0.15) is 11.5 Å². The molecule has 4 rings (SSSR count). The standard InChI is InChI=1S/C27H24N2O7S/c1-5-34-26(33)23-15(2)28-27-29(24(23)18-10-12-20(13-11-18)35-16(3)30)25(32)22(37-27)14-19-8-6-7-9-21(19)36-17(4)31/h6-14,24H,5H2,1-4H3/b22-14+. The van der Waals surface area contributed by atoms with E-state index in [2.05, 4.69) is 4.99 Å². The molecule has 37 heavy (non-hydrogen) atoms. The summed E-state index contributed by atoms with van der Waals surface area (Å²) < 4.78 is 17.5. The second-order valence-corrected chi connectivity index (χ2v) is 9.11. The van der Waals surface area contributed by atoms with Crippen molar-refractivity contribution < 1.29 is 28.6 Å². The van der Waals surface area contributed by atoms with Gasteiger partial charge < -0.3 is 14.2 Å². The van der Waals surface area contributed by atoms with Crippen LogP contribution in [-0.2, 0) is 19.1 Å². The summed E-state index contributed by atoms with van der Waals surface area (Å²) in [5.74, 6) is -0.856. The minimum Gasteiger partial charge on any atom is -0.463 e. The highest BCUT2D eigenvalue weighted by molar-refractivity contribution is 7.07. The Morgan fingerprint density at radius 2 is 1.70 bits per heavy atom. The van der Waals surface area contributed by atoms with Crippen LogP contribution >= 0.6 is 11.3 Å². The number of para-hydroxylation sites is 1. The zero-order valence-corrected chi connectivity index (χ0v) is 21.5. The van der Waals surface area contributed by atoms with E-state index >= 15 is 0 Å². The predicted octanol–water partition coefficient (Wildman–Crippen LogP) is 2.65. The van der Waals surface area contributed by atoms with Gasteiger partial charge in [0.15, 0.2) is 4.80 Å². The van der Waals surface area contributed by atoms with Crippen molar-refractivity contribution in [2.24, 2.45) is 4.99 Å². The van der Waals surface area contributed by atoms with E-state index in [4.69, 9.17) is 14.2 Å². The molecule has 1 aliphatic rings. The van der Waals surface area contributed by atoms with Gasteiger partial charge in [-0.1, -0.05) is 41.7 Å². The van der Waals surface area contributed by atoms with Gasteiger partial charge in [-0.25, -0.2) is 9.79 Å². The van der Waals surface area contributed by atoms with Crippen molar-refractivity contribution in [2.75, 3.05) is 6.61 Å². The van der Waals surface area contributed by atoms with Gasteiger partial charge >= 0.3 is 17.9 Å². The lowest BCUT2D eigenvalue weighted by molar-refractivity contribution is -0.139. The van der Waals surface area contributed by atoms with E-state index < -0.39 is 23.9 Å². The summed E-state index contributed by atoms with van der Waals surface area (Å²) in [6.45, 7) is 6.16. The summed E-state index contributed by atoms with van der Waals surface area (Å²) in [7, 11) is 0. The largest absolute Gasteiger partial charge is 0.463 e. The fraction of sp³-hybridized carbons (Fsp3) is 0.222. The number of hydrogen-bond donors (Lipinski definition) is 0. The molecule has 2 aromatic carbocycles. The van der Waals surface area contributed by atoms with Gasteiger partial charge in [-0.2, -0.15) is 0 Å². The molecular formula is C27H24N2O7S. The smallest absolute Gasteiger partial charge is 0.338 e. The van der Waals surface area contributed by atoms with E-state index in [1.807, 2.05) is 0 Å². The normalized spacial score (nSPS) is 15.0. The van der Waals surface area contributed by atoms with E-state index in [0.717, 1.165) is 11.3 Å². The maximum Gasteiger partial charge on any atom is 0.338 e. The molecule has 0 amide bonds. The molecule has 1 unspecified atom stereocenters. The third-order valence-electron chi connectivity index (χ3n) is 5.43. The fourth-order valence-electron chi connectivity index (χ4n) is 3.98. The van der Waals surface area contributed by atoms with Crippen LogP contribution < -0.4 is 24.4 Å². The SMILES string of the molecule is CCOC(=O)C1=C(C)N=c2s/c(=C/c3ccccc3OC(C)=O)c(=O)n2C1c1ccc(OC(C)=O)cc1. The van der Waals surface area contributed by atoms with Crippen molar-refractivity contribution in [1.29, 1.82) is 0 Å². The first-order valence-corrected chi connectivity index (χ1v) is 12.3. The molecular weight excluding hydrogens is 496 g/mol. The van der Waals surface area contributed by atoms with Crippen LogP contribution in [-0.4, -0.2) is 29.1 Å².